The van der Waals surface area contributed by atoms with Crippen molar-refractivity contribution >= 4 is 11.9 Å². The van der Waals surface area contributed by atoms with Crippen molar-refractivity contribution in [2.45, 2.75) is 19.9 Å². The van der Waals surface area contributed by atoms with Gasteiger partial charge >= 0.3 is 5.97 Å². The molecule has 0 bridgehead atoms. The molecule has 1 heterocycles. The van der Waals surface area contributed by atoms with Crippen molar-refractivity contribution in [2.75, 3.05) is 6.61 Å². The number of carbonyl (C=O) groups excluding carboxylic acids is 2. The van der Waals surface area contributed by atoms with E-state index in [2.05, 4.69) is 10.3 Å². The molecule has 0 aliphatic rings. The van der Waals surface area contributed by atoms with Crippen molar-refractivity contribution in [3.8, 4) is 0 Å². The van der Waals surface area contributed by atoms with Crippen molar-refractivity contribution in [1.29, 1.82) is 0 Å². The smallest absolute Gasteiger partial charge is 0.339 e. The maximum Gasteiger partial charge on any atom is 0.339 e. The van der Waals surface area contributed by atoms with E-state index in [1.807, 2.05) is 0 Å². The number of rotatable bonds is 6. The predicted octanol–water partition coefficient (Wildman–Crippen LogP) is 1.69. The van der Waals surface area contributed by atoms with Gasteiger partial charge in [-0.3, -0.25) is 9.59 Å². The maximum atomic E-state index is 14.0. The van der Waals surface area contributed by atoms with Crippen LogP contribution in [-0.4, -0.2) is 23.5 Å². The molecule has 1 aromatic heterocycles. The van der Waals surface area contributed by atoms with Gasteiger partial charge in [-0.2, -0.15) is 0 Å². The molecule has 0 saturated heterocycles. The molecular weight excluding hydrogens is 334 g/mol. The average Bonchev–Trinajstić information content (AvgIpc) is 2.56. The standard InChI is InChI=1S/C17H16F2N2O4/c1-10(22)20-9-13-7-14(18)11(6-15(13)19)4-5-25-17(24)12-2-3-16(23)21-8-12/h2-3,6-8H,4-5,9H2,1H3,(H,20,22)(H,21,23). The third-order valence-electron chi connectivity index (χ3n) is 3.37. The molecule has 0 aliphatic carbocycles. The number of aromatic nitrogens is 1. The molecule has 0 aliphatic heterocycles. The number of hydrogen-bond donors (Lipinski definition) is 2. The summed E-state index contributed by atoms with van der Waals surface area (Å²) in [5.41, 5.74) is -0.120. The van der Waals surface area contributed by atoms with Crippen molar-refractivity contribution < 1.29 is 23.1 Å². The van der Waals surface area contributed by atoms with Crippen molar-refractivity contribution in [2.24, 2.45) is 0 Å². The van der Waals surface area contributed by atoms with E-state index >= 15 is 0 Å². The third-order valence-corrected chi connectivity index (χ3v) is 3.37. The number of halogens is 2. The van der Waals surface area contributed by atoms with Crippen LogP contribution >= 0.6 is 0 Å². The molecule has 0 fully saturated rings. The van der Waals surface area contributed by atoms with Gasteiger partial charge in [0.1, 0.15) is 11.6 Å². The number of nitrogens with one attached hydrogen (secondary N) is 2. The van der Waals surface area contributed by atoms with Crippen LogP contribution in [0, 0.1) is 11.6 Å². The minimum atomic E-state index is -0.681. The Hall–Kier alpha value is -3.03. The Kier molecular flexibility index (Phi) is 5.99. The highest BCUT2D eigenvalue weighted by Crippen LogP contribution is 2.16. The summed E-state index contributed by atoms with van der Waals surface area (Å²) in [6.07, 6.45) is 1.19. The summed E-state index contributed by atoms with van der Waals surface area (Å²) in [6, 6.07) is 4.50. The van der Waals surface area contributed by atoms with Gasteiger partial charge in [-0.1, -0.05) is 0 Å². The lowest BCUT2D eigenvalue weighted by Gasteiger charge is -2.09. The molecule has 2 aromatic rings. The van der Waals surface area contributed by atoms with Gasteiger partial charge in [0, 0.05) is 37.7 Å². The fourth-order valence-corrected chi connectivity index (χ4v) is 2.05. The highest BCUT2D eigenvalue weighted by molar-refractivity contribution is 5.88. The van der Waals surface area contributed by atoms with Gasteiger partial charge in [0.05, 0.1) is 12.2 Å². The van der Waals surface area contributed by atoms with Crippen molar-refractivity contribution in [3.05, 3.63) is 69.1 Å². The minimum Gasteiger partial charge on any atom is -0.462 e. The van der Waals surface area contributed by atoms with Crippen LogP contribution in [0.25, 0.3) is 0 Å². The molecule has 6 nitrogen and oxygen atoms in total. The molecule has 0 spiro atoms. The van der Waals surface area contributed by atoms with E-state index in [0.29, 0.717) is 0 Å². The molecule has 25 heavy (non-hydrogen) atoms. The van der Waals surface area contributed by atoms with Crippen LogP contribution in [0.15, 0.2) is 35.3 Å². The molecule has 1 amide bonds. The van der Waals surface area contributed by atoms with Crippen molar-refractivity contribution in [1.82, 2.24) is 10.3 Å². The highest BCUT2D eigenvalue weighted by atomic mass is 19.1. The average molecular weight is 350 g/mol. The molecule has 2 N–H and O–H groups in total. The zero-order chi connectivity index (χ0) is 18.4. The fraction of sp³-hybridized carbons (Fsp3) is 0.235. The summed E-state index contributed by atoms with van der Waals surface area (Å²) < 4.78 is 32.9. The van der Waals surface area contributed by atoms with Gasteiger partial charge in [-0.05, 0) is 23.8 Å². The summed E-state index contributed by atoms with van der Waals surface area (Å²) in [6.45, 7) is 1.01. The Morgan fingerprint density at radius 3 is 2.48 bits per heavy atom. The summed E-state index contributed by atoms with van der Waals surface area (Å²) in [4.78, 5) is 35.8. The number of hydrogen-bond acceptors (Lipinski definition) is 4. The lowest BCUT2D eigenvalue weighted by molar-refractivity contribution is -0.119. The Labute approximate surface area is 141 Å². The number of pyridine rings is 1. The zero-order valence-corrected chi connectivity index (χ0v) is 13.4. The van der Waals surface area contributed by atoms with Gasteiger partial charge < -0.3 is 15.0 Å². The second kappa shape index (κ2) is 8.18. The molecular formula is C17H16F2N2O4. The maximum absolute atomic E-state index is 14.0. The van der Waals surface area contributed by atoms with Gasteiger partial charge in [0.2, 0.25) is 11.5 Å². The molecule has 8 heteroatoms. The molecule has 1 aromatic carbocycles. The number of amides is 1. The van der Waals surface area contributed by atoms with E-state index < -0.39 is 17.6 Å². The predicted molar refractivity (Wildman–Crippen MR) is 84.9 cm³/mol. The van der Waals surface area contributed by atoms with Crippen LogP contribution in [0.3, 0.4) is 0 Å². The first-order valence-corrected chi connectivity index (χ1v) is 7.44. The van der Waals surface area contributed by atoms with Gasteiger partial charge in [0.25, 0.3) is 0 Å². The largest absolute Gasteiger partial charge is 0.462 e. The van der Waals surface area contributed by atoms with E-state index in [4.69, 9.17) is 4.74 Å². The molecule has 0 unspecified atom stereocenters. The number of ether oxygens (including phenoxy) is 1. The first kappa shape index (κ1) is 18.3. The summed E-state index contributed by atoms with van der Waals surface area (Å²) in [5.74, 6) is -2.34. The fourth-order valence-electron chi connectivity index (χ4n) is 2.05. The Morgan fingerprint density at radius 1 is 1.16 bits per heavy atom. The number of aromatic amines is 1. The number of carbonyl (C=O) groups is 2. The lowest BCUT2D eigenvalue weighted by Crippen LogP contribution is -2.20. The summed E-state index contributed by atoms with van der Waals surface area (Å²) >= 11 is 0. The van der Waals surface area contributed by atoms with Gasteiger partial charge in [-0.25, -0.2) is 13.6 Å². The van der Waals surface area contributed by atoms with E-state index in [1.165, 1.54) is 25.3 Å². The van der Waals surface area contributed by atoms with Crippen LogP contribution in [-0.2, 0) is 22.5 Å². The van der Waals surface area contributed by atoms with Crippen LogP contribution in [0.4, 0.5) is 8.78 Å². The second-order valence-corrected chi connectivity index (χ2v) is 5.27. The molecule has 132 valence electrons. The van der Waals surface area contributed by atoms with E-state index in [9.17, 15) is 23.2 Å². The first-order chi connectivity index (χ1) is 11.9. The van der Waals surface area contributed by atoms with Crippen LogP contribution < -0.4 is 10.9 Å². The lowest BCUT2D eigenvalue weighted by atomic mass is 10.1. The molecule has 2 rings (SSSR count). The highest BCUT2D eigenvalue weighted by Gasteiger charge is 2.12. The summed E-state index contributed by atoms with van der Waals surface area (Å²) in [5, 5.41) is 2.39. The summed E-state index contributed by atoms with van der Waals surface area (Å²) in [7, 11) is 0. The van der Waals surface area contributed by atoms with Crippen LogP contribution in [0.1, 0.15) is 28.4 Å². The third kappa shape index (κ3) is 5.23. The Balaban J connectivity index is 1.95. The molecule has 0 radical (unpaired) electrons. The quantitative estimate of drug-likeness (QED) is 0.776. The topological polar surface area (TPSA) is 88.3 Å². The molecule has 0 saturated carbocycles. The number of esters is 1. The zero-order valence-electron chi connectivity index (χ0n) is 13.4. The second-order valence-electron chi connectivity index (χ2n) is 5.27. The van der Waals surface area contributed by atoms with E-state index in [0.717, 1.165) is 12.1 Å². The normalized spacial score (nSPS) is 10.4. The Bertz CT molecular complexity index is 829. The molecule has 0 atom stereocenters. The van der Waals surface area contributed by atoms with Crippen molar-refractivity contribution in [3.63, 3.8) is 0 Å². The number of H-pyrrole nitrogens is 1. The van der Waals surface area contributed by atoms with E-state index in [-0.39, 0.29) is 47.7 Å². The minimum absolute atomic E-state index is 0.0156. The van der Waals surface area contributed by atoms with E-state index in [1.54, 1.807) is 0 Å². The monoisotopic (exact) mass is 350 g/mol. The number of benzene rings is 1. The van der Waals surface area contributed by atoms with Gasteiger partial charge in [0.15, 0.2) is 0 Å². The van der Waals surface area contributed by atoms with Crippen LogP contribution in [0.2, 0.25) is 0 Å². The van der Waals surface area contributed by atoms with Gasteiger partial charge in [-0.15, -0.1) is 0 Å². The Morgan fingerprint density at radius 2 is 1.84 bits per heavy atom. The SMILES string of the molecule is CC(=O)NCc1cc(F)c(CCOC(=O)c2ccc(=O)[nH]c2)cc1F. The van der Waals surface area contributed by atoms with Crippen LogP contribution in [0.5, 0.6) is 0 Å². The first-order valence-electron chi connectivity index (χ1n) is 7.44.